The zero-order valence-electron chi connectivity index (χ0n) is 12.0. The van der Waals surface area contributed by atoms with Gasteiger partial charge in [0.25, 0.3) is 0 Å². The van der Waals surface area contributed by atoms with Crippen LogP contribution in [-0.2, 0) is 16.0 Å². The number of aliphatic carboxylic acids is 1. The van der Waals surface area contributed by atoms with Crippen LogP contribution in [0.4, 0.5) is 4.79 Å². The minimum Gasteiger partial charge on any atom is -0.480 e. The molecule has 7 heteroatoms. The predicted octanol–water partition coefficient (Wildman–Crippen LogP) is 1.87. The molecule has 0 bridgehead atoms. The maximum absolute atomic E-state index is 12.3. The van der Waals surface area contributed by atoms with Crippen molar-refractivity contribution in [3.05, 3.63) is 21.9 Å². The Labute approximate surface area is 127 Å². The first kappa shape index (κ1) is 15.8. The number of nitrogens with one attached hydrogen (secondary N) is 1. The second kappa shape index (κ2) is 7.42. The molecule has 6 nitrogen and oxygen atoms in total. The van der Waals surface area contributed by atoms with Crippen molar-refractivity contribution in [1.82, 2.24) is 10.2 Å². The minimum absolute atomic E-state index is 0.0219. The van der Waals surface area contributed by atoms with E-state index in [0.717, 1.165) is 19.3 Å². The number of carboxylic acids is 1. The zero-order chi connectivity index (χ0) is 15.2. The standard InChI is InChI=1S/C14H20N2O4S/c1-20-7-6-16(9-13(17)18)14(19)15-11-3-2-4-12-10(11)5-8-21-12/h5,8,11H,2-4,6-7,9H2,1H3,(H,15,19)(H,17,18). The van der Waals surface area contributed by atoms with Crippen molar-refractivity contribution >= 4 is 23.3 Å². The van der Waals surface area contributed by atoms with Crippen molar-refractivity contribution in [2.24, 2.45) is 0 Å². The Morgan fingerprint density at radius 2 is 2.38 bits per heavy atom. The fraction of sp³-hybridized carbons (Fsp3) is 0.571. The molecule has 1 aromatic rings. The van der Waals surface area contributed by atoms with Gasteiger partial charge in [-0.05, 0) is 36.3 Å². The monoisotopic (exact) mass is 312 g/mol. The van der Waals surface area contributed by atoms with Crippen LogP contribution in [0.3, 0.4) is 0 Å². The number of carbonyl (C=O) groups excluding carboxylic acids is 1. The lowest BCUT2D eigenvalue weighted by atomic mass is 9.94. The van der Waals surface area contributed by atoms with Crippen LogP contribution in [0.5, 0.6) is 0 Å². The Kier molecular flexibility index (Phi) is 5.58. The molecule has 1 unspecified atom stereocenters. The van der Waals surface area contributed by atoms with Crippen molar-refractivity contribution in [2.75, 3.05) is 26.8 Å². The number of methoxy groups -OCH3 is 1. The van der Waals surface area contributed by atoms with Crippen LogP contribution >= 0.6 is 11.3 Å². The predicted molar refractivity (Wildman–Crippen MR) is 79.6 cm³/mol. The van der Waals surface area contributed by atoms with E-state index in [9.17, 15) is 9.59 Å². The van der Waals surface area contributed by atoms with Crippen molar-refractivity contribution in [1.29, 1.82) is 0 Å². The summed E-state index contributed by atoms with van der Waals surface area (Å²) in [6.45, 7) is 0.255. The van der Waals surface area contributed by atoms with Crippen LogP contribution in [0, 0.1) is 0 Å². The molecule has 21 heavy (non-hydrogen) atoms. The van der Waals surface area contributed by atoms with Crippen LogP contribution in [0.1, 0.15) is 29.3 Å². The second-order valence-electron chi connectivity index (χ2n) is 5.00. The molecule has 1 atom stereocenters. The molecule has 2 amide bonds. The average molecular weight is 312 g/mol. The lowest BCUT2D eigenvalue weighted by Crippen LogP contribution is -2.45. The van der Waals surface area contributed by atoms with Gasteiger partial charge in [-0.2, -0.15) is 0 Å². The highest BCUT2D eigenvalue weighted by atomic mass is 32.1. The molecule has 0 spiro atoms. The van der Waals surface area contributed by atoms with Gasteiger partial charge >= 0.3 is 12.0 Å². The molecule has 2 rings (SSSR count). The fourth-order valence-corrected chi connectivity index (χ4v) is 3.48. The molecule has 0 saturated heterocycles. The van der Waals surface area contributed by atoms with Gasteiger partial charge in [0, 0.05) is 18.5 Å². The van der Waals surface area contributed by atoms with Gasteiger partial charge in [-0.1, -0.05) is 0 Å². The Morgan fingerprint density at radius 1 is 1.57 bits per heavy atom. The maximum atomic E-state index is 12.3. The van der Waals surface area contributed by atoms with E-state index in [1.54, 1.807) is 11.3 Å². The normalized spacial score (nSPS) is 17.1. The molecule has 0 aromatic carbocycles. The Morgan fingerprint density at radius 3 is 3.10 bits per heavy atom. The van der Waals surface area contributed by atoms with E-state index in [1.807, 2.05) is 11.4 Å². The number of carbonyl (C=O) groups is 2. The molecule has 116 valence electrons. The summed E-state index contributed by atoms with van der Waals surface area (Å²) in [7, 11) is 1.52. The zero-order valence-corrected chi connectivity index (χ0v) is 12.8. The second-order valence-corrected chi connectivity index (χ2v) is 6.00. The Balaban J connectivity index is 2.00. The third-order valence-corrected chi connectivity index (χ3v) is 4.52. The van der Waals surface area contributed by atoms with Crippen LogP contribution in [-0.4, -0.2) is 48.8 Å². The summed E-state index contributed by atoms with van der Waals surface area (Å²) in [4.78, 5) is 25.7. The third-order valence-electron chi connectivity index (χ3n) is 3.53. The van der Waals surface area contributed by atoms with Crippen LogP contribution in [0.2, 0.25) is 0 Å². The lowest BCUT2D eigenvalue weighted by molar-refractivity contribution is -0.137. The summed E-state index contributed by atoms with van der Waals surface area (Å²) < 4.78 is 4.92. The van der Waals surface area contributed by atoms with E-state index in [-0.39, 0.29) is 25.2 Å². The molecular formula is C14H20N2O4S. The van der Waals surface area contributed by atoms with E-state index < -0.39 is 5.97 Å². The summed E-state index contributed by atoms with van der Waals surface area (Å²) in [5.41, 5.74) is 1.17. The Hall–Kier alpha value is -1.60. The summed E-state index contributed by atoms with van der Waals surface area (Å²) >= 11 is 1.71. The molecule has 1 aliphatic carbocycles. The van der Waals surface area contributed by atoms with Crippen molar-refractivity contribution in [2.45, 2.75) is 25.3 Å². The first-order valence-electron chi connectivity index (χ1n) is 6.94. The van der Waals surface area contributed by atoms with Gasteiger partial charge in [0.2, 0.25) is 0 Å². The average Bonchev–Trinajstić information content (AvgIpc) is 2.92. The maximum Gasteiger partial charge on any atom is 0.323 e. The van der Waals surface area contributed by atoms with Crippen LogP contribution in [0.25, 0.3) is 0 Å². The van der Waals surface area contributed by atoms with Crippen LogP contribution in [0.15, 0.2) is 11.4 Å². The highest BCUT2D eigenvalue weighted by molar-refractivity contribution is 7.10. The fourth-order valence-electron chi connectivity index (χ4n) is 2.49. The number of thiophene rings is 1. The Bertz CT molecular complexity index is 503. The number of fused-ring (bicyclic) bond motifs is 1. The SMILES string of the molecule is COCCN(CC(=O)O)C(=O)NC1CCCc2sccc21. The number of nitrogens with zero attached hydrogens (tertiary/aromatic N) is 1. The van der Waals surface area contributed by atoms with Crippen molar-refractivity contribution < 1.29 is 19.4 Å². The molecule has 0 fully saturated rings. The highest BCUT2D eigenvalue weighted by Gasteiger charge is 2.25. The number of rotatable bonds is 6. The quantitative estimate of drug-likeness (QED) is 0.840. The molecule has 1 heterocycles. The van der Waals surface area contributed by atoms with Gasteiger partial charge < -0.3 is 20.1 Å². The molecule has 0 saturated carbocycles. The van der Waals surface area contributed by atoms with Gasteiger partial charge in [0.05, 0.1) is 12.6 Å². The number of hydrogen-bond donors (Lipinski definition) is 2. The van der Waals surface area contributed by atoms with E-state index in [4.69, 9.17) is 9.84 Å². The summed E-state index contributed by atoms with van der Waals surface area (Å²) in [6, 6.07) is 1.67. The molecule has 1 aliphatic rings. The van der Waals surface area contributed by atoms with Gasteiger partial charge in [0.15, 0.2) is 0 Å². The van der Waals surface area contributed by atoms with E-state index in [1.165, 1.54) is 22.5 Å². The van der Waals surface area contributed by atoms with Gasteiger partial charge in [-0.25, -0.2) is 4.79 Å². The third kappa shape index (κ3) is 4.18. The first-order valence-corrected chi connectivity index (χ1v) is 7.82. The lowest BCUT2D eigenvalue weighted by Gasteiger charge is -2.27. The molecule has 1 aromatic heterocycles. The van der Waals surface area contributed by atoms with E-state index >= 15 is 0 Å². The first-order chi connectivity index (χ1) is 10.1. The van der Waals surface area contributed by atoms with Gasteiger partial charge in [-0.3, -0.25) is 4.79 Å². The molecule has 0 aliphatic heterocycles. The smallest absolute Gasteiger partial charge is 0.323 e. The summed E-state index contributed by atoms with van der Waals surface area (Å²) in [5.74, 6) is -1.03. The van der Waals surface area contributed by atoms with Crippen molar-refractivity contribution in [3.8, 4) is 0 Å². The summed E-state index contributed by atoms with van der Waals surface area (Å²) in [5, 5.41) is 13.9. The van der Waals surface area contributed by atoms with E-state index in [0.29, 0.717) is 6.61 Å². The molecule has 2 N–H and O–H groups in total. The highest BCUT2D eigenvalue weighted by Crippen LogP contribution is 2.33. The van der Waals surface area contributed by atoms with Gasteiger partial charge in [-0.15, -0.1) is 11.3 Å². The minimum atomic E-state index is -1.03. The summed E-state index contributed by atoms with van der Waals surface area (Å²) in [6.07, 6.45) is 2.98. The number of aryl methyl sites for hydroxylation is 1. The topological polar surface area (TPSA) is 78.9 Å². The molecular weight excluding hydrogens is 292 g/mol. The number of ether oxygens (including phenoxy) is 1. The van der Waals surface area contributed by atoms with Crippen molar-refractivity contribution in [3.63, 3.8) is 0 Å². The number of amides is 2. The number of urea groups is 1. The largest absolute Gasteiger partial charge is 0.480 e. The molecule has 0 radical (unpaired) electrons. The number of carboxylic acid groups (broad SMARTS) is 1. The van der Waals surface area contributed by atoms with Crippen LogP contribution < -0.4 is 5.32 Å². The number of hydrogen-bond acceptors (Lipinski definition) is 4. The van der Waals surface area contributed by atoms with Gasteiger partial charge in [0.1, 0.15) is 6.54 Å². The van der Waals surface area contributed by atoms with E-state index in [2.05, 4.69) is 5.32 Å².